The molecule has 0 saturated carbocycles. The smallest absolute Gasteiger partial charge is 0.409 e. The molecular formula is C27H28N4O7S2. The minimum Gasteiger partial charge on any atom is -0.494 e. The first-order chi connectivity index (χ1) is 19.3. The molecule has 1 saturated heterocycles. The van der Waals surface area contributed by atoms with Crippen LogP contribution >= 0.6 is 11.3 Å². The summed E-state index contributed by atoms with van der Waals surface area (Å²) in [4.78, 5) is 33.4. The van der Waals surface area contributed by atoms with E-state index in [1.54, 1.807) is 32.2 Å². The summed E-state index contributed by atoms with van der Waals surface area (Å²) in [5.74, 6) is 0.810. The fourth-order valence-electron chi connectivity index (χ4n) is 4.38. The molecule has 0 spiro atoms. The van der Waals surface area contributed by atoms with E-state index in [2.05, 4.69) is 4.98 Å². The normalized spacial score (nSPS) is 14.3. The number of hydrogen-bond donors (Lipinski definition) is 0. The van der Waals surface area contributed by atoms with Gasteiger partial charge in [-0.25, -0.2) is 18.2 Å². The average molecular weight is 585 g/mol. The van der Waals surface area contributed by atoms with Gasteiger partial charge < -0.3 is 18.8 Å². The number of benzene rings is 2. The molecule has 40 heavy (non-hydrogen) atoms. The number of piperazine rings is 1. The zero-order valence-electron chi connectivity index (χ0n) is 22.0. The number of nitrogens with zero attached hydrogens (tertiary/aromatic N) is 4. The number of carbonyl (C=O) groups is 2. The van der Waals surface area contributed by atoms with E-state index in [9.17, 15) is 18.0 Å². The van der Waals surface area contributed by atoms with E-state index in [0.717, 1.165) is 4.70 Å². The van der Waals surface area contributed by atoms with E-state index in [4.69, 9.17) is 13.9 Å². The summed E-state index contributed by atoms with van der Waals surface area (Å²) in [5, 5.41) is 0.456. The maximum Gasteiger partial charge on any atom is 0.409 e. The summed E-state index contributed by atoms with van der Waals surface area (Å²) in [5.41, 5.74) is 0.940. The van der Waals surface area contributed by atoms with Gasteiger partial charge in [0.25, 0.3) is 5.91 Å². The Bertz CT molecular complexity index is 1590. The molecule has 4 aromatic rings. The molecule has 0 atom stereocenters. The topological polar surface area (TPSA) is 122 Å². The molecule has 2 amide bonds. The van der Waals surface area contributed by atoms with Crippen LogP contribution in [-0.2, 0) is 21.3 Å². The Labute approximate surface area is 235 Å². The molecule has 1 aliphatic rings. The number of hydrogen-bond acceptors (Lipinski definition) is 9. The number of aromatic nitrogens is 1. The Morgan fingerprint density at radius 1 is 1.05 bits per heavy atom. The summed E-state index contributed by atoms with van der Waals surface area (Å²) in [6.07, 6.45) is 1.08. The molecule has 3 heterocycles. The number of fused-ring (bicyclic) bond motifs is 1. The third kappa shape index (κ3) is 5.53. The number of para-hydroxylation sites is 1. The highest BCUT2D eigenvalue weighted by Gasteiger charge is 2.31. The van der Waals surface area contributed by atoms with Crippen LogP contribution in [0.25, 0.3) is 10.2 Å². The molecule has 0 N–H and O–H groups in total. The van der Waals surface area contributed by atoms with E-state index in [0.29, 0.717) is 27.7 Å². The molecule has 1 aliphatic heterocycles. The molecule has 0 radical (unpaired) electrons. The second-order valence-corrected chi connectivity index (χ2v) is 11.8. The van der Waals surface area contributed by atoms with Gasteiger partial charge in [-0.1, -0.05) is 17.4 Å². The van der Waals surface area contributed by atoms with Crippen LogP contribution in [0, 0.1) is 0 Å². The zero-order chi connectivity index (χ0) is 28.3. The maximum absolute atomic E-state index is 13.7. The molecule has 13 heteroatoms. The van der Waals surface area contributed by atoms with E-state index >= 15 is 0 Å². The maximum atomic E-state index is 13.7. The van der Waals surface area contributed by atoms with Crippen LogP contribution < -0.4 is 9.64 Å². The molecule has 5 rings (SSSR count). The van der Waals surface area contributed by atoms with Gasteiger partial charge in [-0.05, 0) is 55.5 Å². The Morgan fingerprint density at radius 3 is 2.45 bits per heavy atom. The van der Waals surface area contributed by atoms with E-state index < -0.39 is 16.1 Å². The lowest BCUT2D eigenvalue weighted by atomic mass is 10.2. The molecule has 0 aliphatic carbocycles. The highest BCUT2D eigenvalue weighted by Crippen LogP contribution is 2.35. The Balaban J connectivity index is 1.37. The summed E-state index contributed by atoms with van der Waals surface area (Å²) >= 11 is 1.34. The second kappa shape index (κ2) is 11.7. The van der Waals surface area contributed by atoms with Gasteiger partial charge in [0.1, 0.15) is 17.0 Å². The lowest BCUT2D eigenvalue weighted by Gasteiger charge is -2.33. The molecule has 2 aromatic heterocycles. The number of methoxy groups -OCH3 is 1. The van der Waals surface area contributed by atoms with Crippen LogP contribution in [0.5, 0.6) is 5.75 Å². The predicted octanol–water partition coefficient (Wildman–Crippen LogP) is 4.21. The van der Waals surface area contributed by atoms with Gasteiger partial charge in [0.15, 0.2) is 5.13 Å². The first kappa shape index (κ1) is 27.6. The molecule has 1 fully saturated rings. The SMILES string of the molecule is CCOC(=O)N1CCN(S(=O)(=O)c2ccc(C(=O)N(Cc3ccco3)c3nc4c(OC)cccc4s3)cc2)CC1. The quantitative estimate of drug-likeness (QED) is 0.302. The van der Waals surface area contributed by atoms with Crippen LogP contribution in [0.2, 0.25) is 0 Å². The largest absolute Gasteiger partial charge is 0.494 e. The van der Waals surface area contributed by atoms with Gasteiger partial charge >= 0.3 is 6.09 Å². The minimum absolute atomic E-state index is 0.0657. The van der Waals surface area contributed by atoms with Crippen LogP contribution in [0.1, 0.15) is 23.0 Å². The highest BCUT2D eigenvalue weighted by molar-refractivity contribution is 7.89. The number of amides is 2. The number of rotatable bonds is 8. The fraction of sp³-hybridized carbons (Fsp3) is 0.296. The Kier molecular flexibility index (Phi) is 8.05. The van der Waals surface area contributed by atoms with Crippen LogP contribution in [0.15, 0.2) is 70.2 Å². The van der Waals surface area contributed by atoms with E-state index in [1.807, 2.05) is 12.1 Å². The van der Waals surface area contributed by atoms with Gasteiger partial charge in [0.05, 0.1) is 36.1 Å². The molecule has 210 valence electrons. The van der Waals surface area contributed by atoms with Crippen LogP contribution in [0.4, 0.5) is 9.93 Å². The summed E-state index contributed by atoms with van der Waals surface area (Å²) < 4.78 is 44.6. The van der Waals surface area contributed by atoms with Crippen LogP contribution in [0.3, 0.4) is 0 Å². The number of furan rings is 1. The predicted molar refractivity (Wildman–Crippen MR) is 149 cm³/mol. The lowest BCUT2D eigenvalue weighted by molar-refractivity contribution is 0.0933. The number of sulfonamides is 1. The summed E-state index contributed by atoms with van der Waals surface area (Å²) in [7, 11) is -2.25. The zero-order valence-corrected chi connectivity index (χ0v) is 23.6. The second-order valence-electron chi connectivity index (χ2n) is 8.89. The van der Waals surface area contributed by atoms with Crippen molar-refractivity contribution in [2.24, 2.45) is 0 Å². The minimum atomic E-state index is -3.81. The summed E-state index contributed by atoms with van der Waals surface area (Å²) in [6, 6.07) is 14.9. The highest BCUT2D eigenvalue weighted by atomic mass is 32.2. The molecule has 11 nitrogen and oxygen atoms in total. The first-order valence-corrected chi connectivity index (χ1v) is 14.9. The van der Waals surface area contributed by atoms with Crippen LogP contribution in [-0.4, -0.2) is 74.5 Å². The van der Waals surface area contributed by atoms with E-state index in [1.165, 1.54) is 56.0 Å². The van der Waals surface area contributed by atoms with Crippen molar-refractivity contribution in [3.63, 3.8) is 0 Å². The molecule has 0 unspecified atom stereocenters. The molecule has 2 aromatic carbocycles. The van der Waals surface area contributed by atoms with Gasteiger partial charge in [-0.2, -0.15) is 4.31 Å². The number of carbonyl (C=O) groups excluding carboxylic acids is 2. The third-order valence-electron chi connectivity index (χ3n) is 6.46. The monoisotopic (exact) mass is 584 g/mol. The van der Waals surface area contributed by atoms with Crippen molar-refractivity contribution in [2.45, 2.75) is 18.4 Å². The summed E-state index contributed by atoms with van der Waals surface area (Å²) in [6.45, 7) is 2.90. The lowest BCUT2D eigenvalue weighted by Crippen LogP contribution is -2.50. The molecular weight excluding hydrogens is 556 g/mol. The van der Waals surface area contributed by atoms with Crippen molar-refractivity contribution < 1.29 is 31.9 Å². The third-order valence-corrected chi connectivity index (χ3v) is 9.42. The van der Waals surface area contributed by atoms with Crippen molar-refractivity contribution in [1.82, 2.24) is 14.2 Å². The van der Waals surface area contributed by atoms with Crippen molar-refractivity contribution in [1.29, 1.82) is 0 Å². The number of ether oxygens (including phenoxy) is 2. The van der Waals surface area contributed by atoms with Crippen molar-refractivity contribution in [3.05, 3.63) is 72.2 Å². The Hall–Kier alpha value is -3.94. The average Bonchev–Trinajstić information content (AvgIpc) is 3.65. The fourth-order valence-corrected chi connectivity index (χ4v) is 6.78. The van der Waals surface area contributed by atoms with Gasteiger partial charge in [0, 0.05) is 31.7 Å². The first-order valence-electron chi connectivity index (χ1n) is 12.6. The number of thiazole rings is 1. The standard InChI is InChI=1S/C27H28N4O7S2/c1-3-37-27(33)29-13-15-30(16-14-29)40(34,35)21-11-9-19(10-12-21)25(32)31(18-20-6-5-17-38-20)26-28-24-22(36-2)7-4-8-23(24)39-26/h4-12,17H,3,13-16,18H2,1-2H3. The van der Waals surface area contributed by atoms with Gasteiger partial charge in [-0.15, -0.1) is 0 Å². The van der Waals surface area contributed by atoms with Crippen molar-refractivity contribution in [3.8, 4) is 5.75 Å². The van der Waals surface area contributed by atoms with Crippen molar-refractivity contribution >= 4 is 48.7 Å². The van der Waals surface area contributed by atoms with E-state index in [-0.39, 0.29) is 50.1 Å². The van der Waals surface area contributed by atoms with Gasteiger partial charge in [-0.3, -0.25) is 9.69 Å². The van der Waals surface area contributed by atoms with Crippen molar-refractivity contribution in [2.75, 3.05) is 44.8 Å². The number of anilines is 1. The Morgan fingerprint density at radius 2 is 1.80 bits per heavy atom. The van der Waals surface area contributed by atoms with Gasteiger partial charge in [0.2, 0.25) is 10.0 Å². The molecule has 0 bridgehead atoms.